The maximum atomic E-state index is 11.8. The predicted octanol–water partition coefficient (Wildman–Crippen LogP) is 2.66. The minimum Gasteiger partial charge on any atom is -0.491 e. The first kappa shape index (κ1) is 14.8. The van der Waals surface area contributed by atoms with Crippen LogP contribution in [0.5, 0.6) is 5.75 Å². The molecule has 1 aromatic heterocycles. The molecule has 1 aliphatic carbocycles. The van der Waals surface area contributed by atoms with E-state index in [1.165, 1.54) is 19.3 Å². The van der Waals surface area contributed by atoms with Crippen molar-refractivity contribution in [3.63, 3.8) is 0 Å². The van der Waals surface area contributed by atoms with E-state index in [9.17, 15) is 9.59 Å². The molecule has 0 spiro atoms. The van der Waals surface area contributed by atoms with Gasteiger partial charge >= 0.3 is 5.97 Å². The summed E-state index contributed by atoms with van der Waals surface area (Å²) >= 11 is 1.12. The molecule has 1 aliphatic rings. The summed E-state index contributed by atoms with van der Waals surface area (Å²) in [6.45, 7) is 0.204. The fraction of sp³-hybridized carbons (Fsp3) is 0.571. The third-order valence-corrected chi connectivity index (χ3v) is 4.26. The van der Waals surface area contributed by atoms with Gasteiger partial charge in [0.25, 0.3) is 0 Å². The van der Waals surface area contributed by atoms with E-state index < -0.39 is 5.97 Å². The van der Waals surface area contributed by atoms with E-state index in [2.05, 4.69) is 5.32 Å². The molecule has 0 radical (unpaired) electrons. The van der Waals surface area contributed by atoms with E-state index in [1.54, 1.807) is 11.4 Å². The smallest absolute Gasteiger partial charge is 0.349 e. The lowest BCUT2D eigenvalue weighted by molar-refractivity contribution is -0.122. The first-order valence-electron chi connectivity index (χ1n) is 6.90. The van der Waals surface area contributed by atoms with E-state index in [-0.39, 0.29) is 23.8 Å². The summed E-state index contributed by atoms with van der Waals surface area (Å²) < 4.78 is 5.37. The van der Waals surface area contributed by atoms with E-state index in [0.29, 0.717) is 11.8 Å². The average molecular weight is 297 g/mol. The van der Waals surface area contributed by atoms with Crippen LogP contribution in [0.2, 0.25) is 0 Å². The number of nitrogens with one attached hydrogen (secondary N) is 1. The SMILES string of the molecule is O=C(CCOc1ccsc1C(=O)O)NC1CCCCC1. The van der Waals surface area contributed by atoms with Crippen LogP contribution in [-0.2, 0) is 4.79 Å². The van der Waals surface area contributed by atoms with Gasteiger partial charge in [-0.2, -0.15) is 0 Å². The number of carboxylic acid groups (broad SMARTS) is 1. The zero-order valence-electron chi connectivity index (χ0n) is 11.3. The van der Waals surface area contributed by atoms with Gasteiger partial charge in [-0.15, -0.1) is 11.3 Å². The quantitative estimate of drug-likeness (QED) is 0.846. The summed E-state index contributed by atoms with van der Waals surface area (Å²) in [5.41, 5.74) is 0. The predicted molar refractivity (Wildman–Crippen MR) is 76.4 cm³/mol. The van der Waals surface area contributed by atoms with Crippen LogP contribution in [0.1, 0.15) is 48.2 Å². The van der Waals surface area contributed by atoms with Gasteiger partial charge in [0.15, 0.2) is 4.88 Å². The van der Waals surface area contributed by atoms with Gasteiger partial charge in [0.05, 0.1) is 13.0 Å². The molecule has 0 atom stereocenters. The van der Waals surface area contributed by atoms with Crippen molar-refractivity contribution in [2.24, 2.45) is 0 Å². The summed E-state index contributed by atoms with van der Waals surface area (Å²) in [5, 5.41) is 13.6. The maximum absolute atomic E-state index is 11.8. The molecule has 1 aromatic rings. The highest BCUT2D eigenvalue weighted by Crippen LogP contribution is 2.24. The van der Waals surface area contributed by atoms with Crippen molar-refractivity contribution in [2.45, 2.75) is 44.6 Å². The third kappa shape index (κ3) is 4.23. The highest BCUT2D eigenvalue weighted by Gasteiger charge is 2.16. The van der Waals surface area contributed by atoms with Crippen LogP contribution in [0, 0.1) is 0 Å². The van der Waals surface area contributed by atoms with Crippen molar-refractivity contribution in [3.8, 4) is 5.75 Å². The highest BCUT2D eigenvalue weighted by molar-refractivity contribution is 7.12. The minimum absolute atomic E-state index is 0.0241. The van der Waals surface area contributed by atoms with Gasteiger partial charge in [-0.25, -0.2) is 4.79 Å². The number of amides is 1. The molecule has 2 rings (SSSR count). The standard InChI is InChI=1S/C14H19NO4S/c16-12(15-10-4-2-1-3-5-10)6-8-19-11-7-9-20-13(11)14(17)18/h7,9-10H,1-6,8H2,(H,15,16)(H,17,18). The van der Waals surface area contributed by atoms with Crippen LogP contribution in [0.4, 0.5) is 0 Å². The van der Waals surface area contributed by atoms with Crippen molar-refractivity contribution >= 4 is 23.2 Å². The maximum Gasteiger partial charge on any atom is 0.349 e. The number of aromatic carboxylic acids is 1. The van der Waals surface area contributed by atoms with Gasteiger partial charge in [0, 0.05) is 6.04 Å². The average Bonchev–Trinajstić information content (AvgIpc) is 2.88. The minimum atomic E-state index is -0.998. The molecule has 1 heterocycles. The topological polar surface area (TPSA) is 75.6 Å². The van der Waals surface area contributed by atoms with Crippen molar-refractivity contribution in [2.75, 3.05) is 6.61 Å². The molecule has 6 heteroatoms. The first-order chi connectivity index (χ1) is 9.66. The molecule has 20 heavy (non-hydrogen) atoms. The number of carboxylic acids is 1. The van der Waals surface area contributed by atoms with Crippen LogP contribution in [-0.4, -0.2) is 29.6 Å². The van der Waals surface area contributed by atoms with Gasteiger partial charge in [-0.3, -0.25) is 4.79 Å². The monoisotopic (exact) mass is 297 g/mol. The number of carbonyl (C=O) groups excluding carboxylic acids is 1. The lowest BCUT2D eigenvalue weighted by Crippen LogP contribution is -2.36. The zero-order chi connectivity index (χ0) is 14.4. The Hall–Kier alpha value is -1.56. The van der Waals surface area contributed by atoms with Crippen LogP contribution < -0.4 is 10.1 Å². The first-order valence-corrected chi connectivity index (χ1v) is 7.77. The van der Waals surface area contributed by atoms with E-state index >= 15 is 0 Å². The Morgan fingerprint density at radius 3 is 2.80 bits per heavy atom. The lowest BCUT2D eigenvalue weighted by Gasteiger charge is -2.22. The van der Waals surface area contributed by atoms with Crippen LogP contribution in [0.3, 0.4) is 0 Å². The van der Waals surface area contributed by atoms with Crippen molar-refractivity contribution in [1.82, 2.24) is 5.32 Å². The molecule has 0 aromatic carbocycles. The zero-order valence-corrected chi connectivity index (χ0v) is 12.1. The second-order valence-electron chi connectivity index (χ2n) is 4.92. The van der Waals surface area contributed by atoms with E-state index in [1.807, 2.05) is 0 Å². The number of hydrogen-bond donors (Lipinski definition) is 2. The molecule has 0 saturated heterocycles. The summed E-state index contributed by atoms with van der Waals surface area (Å²) in [6, 6.07) is 1.92. The molecule has 2 N–H and O–H groups in total. The largest absolute Gasteiger partial charge is 0.491 e. The van der Waals surface area contributed by atoms with Crippen molar-refractivity contribution < 1.29 is 19.4 Å². The van der Waals surface area contributed by atoms with E-state index in [4.69, 9.17) is 9.84 Å². The summed E-state index contributed by atoms with van der Waals surface area (Å²) in [5.74, 6) is -0.682. The molecular formula is C14H19NO4S. The van der Waals surface area contributed by atoms with Crippen molar-refractivity contribution in [3.05, 3.63) is 16.3 Å². The van der Waals surface area contributed by atoms with Crippen LogP contribution in [0.15, 0.2) is 11.4 Å². The second-order valence-corrected chi connectivity index (χ2v) is 5.84. The number of carbonyl (C=O) groups is 2. The van der Waals surface area contributed by atoms with Gasteiger partial charge in [0.2, 0.25) is 5.91 Å². The normalized spacial score (nSPS) is 15.8. The number of hydrogen-bond acceptors (Lipinski definition) is 4. The summed E-state index contributed by atoms with van der Waals surface area (Å²) in [7, 11) is 0. The Balaban J connectivity index is 1.70. The van der Waals surface area contributed by atoms with E-state index in [0.717, 1.165) is 24.2 Å². The number of ether oxygens (including phenoxy) is 1. The Bertz CT molecular complexity index is 465. The van der Waals surface area contributed by atoms with Gasteiger partial charge < -0.3 is 15.2 Å². The number of rotatable bonds is 6. The Morgan fingerprint density at radius 1 is 1.35 bits per heavy atom. The molecule has 1 saturated carbocycles. The molecule has 0 bridgehead atoms. The molecule has 1 amide bonds. The van der Waals surface area contributed by atoms with Gasteiger partial charge in [0.1, 0.15) is 5.75 Å². The Kier molecular flexibility index (Phi) is 5.40. The fourth-order valence-electron chi connectivity index (χ4n) is 2.37. The molecule has 1 fully saturated rings. The Labute approximate surface area is 121 Å². The second kappa shape index (κ2) is 7.28. The Morgan fingerprint density at radius 2 is 2.10 bits per heavy atom. The highest BCUT2D eigenvalue weighted by atomic mass is 32.1. The van der Waals surface area contributed by atoms with Gasteiger partial charge in [-0.05, 0) is 24.3 Å². The molecule has 0 aliphatic heterocycles. The lowest BCUT2D eigenvalue weighted by atomic mass is 9.95. The molecule has 110 valence electrons. The molecular weight excluding hydrogens is 278 g/mol. The van der Waals surface area contributed by atoms with Crippen LogP contribution >= 0.6 is 11.3 Å². The fourth-order valence-corrected chi connectivity index (χ4v) is 3.04. The van der Waals surface area contributed by atoms with Crippen molar-refractivity contribution in [1.29, 1.82) is 0 Å². The summed E-state index contributed by atoms with van der Waals surface area (Å²) in [6.07, 6.45) is 5.98. The molecule has 5 nitrogen and oxygen atoms in total. The summed E-state index contributed by atoms with van der Waals surface area (Å²) in [4.78, 5) is 22.8. The third-order valence-electron chi connectivity index (χ3n) is 3.38. The number of thiophene rings is 1. The van der Waals surface area contributed by atoms with Crippen LogP contribution in [0.25, 0.3) is 0 Å². The molecule has 0 unspecified atom stereocenters. The van der Waals surface area contributed by atoms with Gasteiger partial charge in [-0.1, -0.05) is 19.3 Å².